The van der Waals surface area contributed by atoms with Gasteiger partial charge in [0.05, 0.1) is 24.8 Å². The summed E-state index contributed by atoms with van der Waals surface area (Å²) in [5.41, 5.74) is -5.18. The van der Waals surface area contributed by atoms with Crippen LogP contribution < -0.4 is 9.64 Å². The van der Waals surface area contributed by atoms with Crippen LogP contribution in [0.4, 0.5) is 23.2 Å². The maximum Gasteiger partial charge on any atom is 0.416 e. The van der Waals surface area contributed by atoms with Crippen molar-refractivity contribution in [3.63, 3.8) is 0 Å². The summed E-state index contributed by atoms with van der Waals surface area (Å²) < 4.78 is 75.0. The molecule has 43 heavy (non-hydrogen) atoms. The first-order valence-corrected chi connectivity index (χ1v) is 17.3. The van der Waals surface area contributed by atoms with Crippen molar-refractivity contribution in [3.8, 4) is 5.75 Å². The predicted octanol–water partition coefficient (Wildman–Crippen LogP) is 5.36. The molecule has 1 unspecified atom stereocenters. The fourth-order valence-corrected chi connectivity index (χ4v) is 5.35. The minimum atomic E-state index is -4.78. The molecule has 0 aliphatic carbocycles. The highest BCUT2D eigenvalue weighted by atomic mass is 35.5. The Hall–Kier alpha value is -3.56. The van der Waals surface area contributed by atoms with Gasteiger partial charge in [-0.15, -0.1) is 5.10 Å². The fourth-order valence-electron chi connectivity index (χ4n) is 4.43. The first kappa shape index (κ1) is 32.4. The van der Waals surface area contributed by atoms with E-state index in [4.69, 9.17) is 25.8 Å². The Bertz CT molecular complexity index is 1500. The number of hydrogen-bond acceptors (Lipinski definition) is 8. The molecule has 1 aliphatic heterocycles. The maximum absolute atomic E-state index is 16.8. The van der Waals surface area contributed by atoms with Gasteiger partial charge in [-0.2, -0.15) is 13.2 Å². The normalized spacial score (nSPS) is 16.9. The van der Waals surface area contributed by atoms with Crippen molar-refractivity contribution in [1.82, 2.24) is 20.2 Å². The number of benzene rings is 2. The average Bonchev–Trinajstić information content (AvgIpc) is 3.47. The number of methoxy groups -OCH3 is 1. The van der Waals surface area contributed by atoms with E-state index in [0.29, 0.717) is 29.5 Å². The van der Waals surface area contributed by atoms with Gasteiger partial charge in [-0.25, -0.2) is 9.07 Å². The van der Waals surface area contributed by atoms with E-state index in [9.17, 15) is 22.8 Å². The third-order valence-corrected chi connectivity index (χ3v) is 8.72. The lowest BCUT2D eigenvalue weighted by Crippen LogP contribution is -2.40. The number of carbonyl (C=O) groups excluding carboxylic acids is 2. The van der Waals surface area contributed by atoms with E-state index < -0.39 is 49.8 Å². The van der Waals surface area contributed by atoms with E-state index in [-0.39, 0.29) is 41.5 Å². The summed E-state index contributed by atoms with van der Waals surface area (Å²) in [5, 5.41) is 11.4. The summed E-state index contributed by atoms with van der Waals surface area (Å²) >= 11 is 6.07. The number of hydrogen-bond donors (Lipinski definition) is 0. The zero-order valence-electron chi connectivity index (χ0n) is 23.9. The molecule has 0 spiro atoms. The Kier molecular flexibility index (Phi) is 9.47. The van der Waals surface area contributed by atoms with Crippen LogP contribution in [0.15, 0.2) is 36.4 Å². The number of rotatable bonds is 12. The third kappa shape index (κ3) is 7.16. The highest BCUT2D eigenvalue weighted by Gasteiger charge is 2.55. The second-order valence-electron chi connectivity index (χ2n) is 11.1. The monoisotopic (exact) mass is 643 g/mol. The van der Waals surface area contributed by atoms with Crippen molar-refractivity contribution in [1.29, 1.82) is 0 Å². The van der Waals surface area contributed by atoms with Crippen LogP contribution in [0, 0.1) is 0 Å². The highest BCUT2D eigenvalue weighted by Crippen LogP contribution is 2.51. The van der Waals surface area contributed by atoms with Crippen LogP contribution in [0.5, 0.6) is 5.75 Å². The van der Waals surface area contributed by atoms with Gasteiger partial charge in [-0.1, -0.05) is 37.3 Å². The lowest BCUT2D eigenvalue weighted by atomic mass is 9.88. The lowest BCUT2D eigenvalue weighted by Gasteiger charge is -2.23. The fraction of sp³-hybridized carbons (Fsp3) is 0.444. The standard InChI is InChI=1S/C27H30ClF4N5O5Si/c1-40-22-8-6-18(28)14-20(22)26(29)19-7-5-17(27(30,31)32)13-21(19)36(25(26)39)15-42-24(38)10-9-23-33-34-35-37(23)16-41-11-12-43(2,3)4/h5-8,13-14H,9-12,15-16H2,1-4H3. The molecule has 1 aromatic heterocycles. The Labute approximate surface area is 250 Å². The summed E-state index contributed by atoms with van der Waals surface area (Å²) in [6.07, 6.45) is -4.95. The molecule has 1 aliphatic rings. The second-order valence-corrected chi connectivity index (χ2v) is 17.1. The van der Waals surface area contributed by atoms with Gasteiger partial charge in [-0.3, -0.25) is 14.5 Å². The van der Waals surface area contributed by atoms with Crippen LogP contribution in [-0.4, -0.2) is 60.6 Å². The first-order valence-electron chi connectivity index (χ1n) is 13.2. The molecule has 0 saturated carbocycles. The van der Waals surface area contributed by atoms with Gasteiger partial charge in [-0.05, 0) is 46.8 Å². The summed E-state index contributed by atoms with van der Waals surface area (Å²) in [4.78, 5) is 26.8. The minimum Gasteiger partial charge on any atom is -0.496 e. The number of nitrogens with zero attached hydrogens (tertiary/aromatic N) is 5. The van der Waals surface area contributed by atoms with Crippen LogP contribution in [0.2, 0.25) is 30.7 Å². The molecule has 1 atom stereocenters. The molecule has 16 heteroatoms. The number of alkyl halides is 4. The van der Waals surface area contributed by atoms with Crippen molar-refractivity contribution in [2.45, 2.75) is 57.1 Å². The van der Waals surface area contributed by atoms with Gasteiger partial charge in [0.25, 0.3) is 5.91 Å². The van der Waals surface area contributed by atoms with E-state index in [1.165, 1.54) is 23.9 Å². The van der Waals surface area contributed by atoms with Crippen LogP contribution >= 0.6 is 11.6 Å². The largest absolute Gasteiger partial charge is 0.496 e. The molecule has 4 rings (SSSR count). The zero-order chi connectivity index (χ0) is 31.6. The lowest BCUT2D eigenvalue weighted by molar-refractivity contribution is -0.144. The molecular formula is C27H30ClF4N5O5Si. The van der Waals surface area contributed by atoms with E-state index in [1.54, 1.807) is 0 Å². The van der Waals surface area contributed by atoms with Crippen LogP contribution in [0.1, 0.15) is 28.9 Å². The SMILES string of the molecule is COc1ccc(Cl)cc1C1(F)C(=O)N(COC(=O)CCc2nnnn2COCC[Si](C)(C)C)c2cc(C(F)(F)F)ccc21. The molecule has 0 radical (unpaired) electrons. The molecular weight excluding hydrogens is 614 g/mol. The number of fused-ring (bicyclic) bond motifs is 1. The van der Waals surface area contributed by atoms with E-state index in [1.807, 2.05) is 0 Å². The molecule has 0 fully saturated rings. The molecule has 232 valence electrons. The van der Waals surface area contributed by atoms with Crippen molar-refractivity contribution < 1.29 is 41.4 Å². The van der Waals surface area contributed by atoms with Crippen molar-refractivity contribution >= 4 is 37.2 Å². The maximum atomic E-state index is 16.8. The van der Waals surface area contributed by atoms with Crippen molar-refractivity contribution in [2.75, 3.05) is 25.3 Å². The molecule has 2 aromatic carbocycles. The number of ether oxygens (including phenoxy) is 3. The number of aryl methyl sites for hydroxylation is 1. The summed E-state index contributed by atoms with van der Waals surface area (Å²) in [6, 6.07) is 7.04. The Balaban J connectivity index is 1.50. The van der Waals surface area contributed by atoms with Gasteiger partial charge in [0.15, 0.2) is 12.6 Å². The topological polar surface area (TPSA) is 109 Å². The molecule has 3 aromatic rings. The van der Waals surface area contributed by atoms with Crippen molar-refractivity contribution in [3.05, 3.63) is 63.9 Å². The van der Waals surface area contributed by atoms with Crippen molar-refractivity contribution in [2.24, 2.45) is 0 Å². The number of aromatic nitrogens is 4. The highest BCUT2D eigenvalue weighted by molar-refractivity contribution is 6.76. The van der Waals surface area contributed by atoms with Crippen LogP contribution in [-0.2, 0) is 44.1 Å². The molecule has 10 nitrogen and oxygen atoms in total. The molecule has 0 bridgehead atoms. The molecule has 1 amide bonds. The number of esters is 1. The number of tetrazole rings is 1. The smallest absolute Gasteiger partial charge is 0.416 e. The van der Waals surface area contributed by atoms with E-state index >= 15 is 4.39 Å². The first-order chi connectivity index (χ1) is 20.1. The van der Waals surface area contributed by atoms with Gasteiger partial charge < -0.3 is 14.2 Å². The van der Waals surface area contributed by atoms with Gasteiger partial charge in [0.2, 0.25) is 5.67 Å². The molecule has 0 saturated heterocycles. The zero-order valence-corrected chi connectivity index (χ0v) is 25.6. The van der Waals surface area contributed by atoms with Gasteiger partial charge in [0, 0.05) is 37.3 Å². The molecule has 0 N–H and O–H groups in total. The number of halogens is 5. The van der Waals surface area contributed by atoms with Crippen LogP contribution in [0.25, 0.3) is 0 Å². The summed E-state index contributed by atoms with van der Waals surface area (Å²) in [5.74, 6) is -1.79. The average molecular weight is 644 g/mol. The van der Waals surface area contributed by atoms with Crippen LogP contribution in [0.3, 0.4) is 0 Å². The second kappa shape index (κ2) is 12.6. The van der Waals surface area contributed by atoms with E-state index in [2.05, 4.69) is 35.2 Å². The Morgan fingerprint density at radius 3 is 2.51 bits per heavy atom. The number of amides is 1. The predicted molar refractivity (Wildman–Crippen MR) is 150 cm³/mol. The third-order valence-electron chi connectivity index (χ3n) is 6.78. The number of carbonyl (C=O) groups is 2. The van der Waals surface area contributed by atoms with Gasteiger partial charge >= 0.3 is 12.1 Å². The molecule has 2 heterocycles. The minimum absolute atomic E-state index is 0.0490. The number of anilines is 1. The van der Waals surface area contributed by atoms with Gasteiger partial charge in [0.1, 0.15) is 12.5 Å². The summed E-state index contributed by atoms with van der Waals surface area (Å²) in [7, 11) is -0.0367. The Morgan fingerprint density at radius 2 is 1.84 bits per heavy atom. The summed E-state index contributed by atoms with van der Waals surface area (Å²) in [6.45, 7) is 6.44. The van der Waals surface area contributed by atoms with E-state index in [0.717, 1.165) is 18.2 Å². The Morgan fingerprint density at radius 1 is 1.09 bits per heavy atom. The quantitative estimate of drug-likeness (QED) is 0.112.